The molecule has 0 atom stereocenters. The lowest BCUT2D eigenvalue weighted by Gasteiger charge is -2.05. The molecular formula is C13H16N2O2. The third-order valence-electron chi connectivity index (χ3n) is 2.42. The zero-order chi connectivity index (χ0) is 12.1. The van der Waals surface area contributed by atoms with Crippen LogP contribution in [-0.4, -0.2) is 30.3 Å². The van der Waals surface area contributed by atoms with E-state index in [1.165, 1.54) is 0 Å². The Morgan fingerprint density at radius 3 is 2.53 bits per heavy atom. The molecule has 0 unspecified atom stereocenters. The number of aromatic nitrogens is 2. The molecule has 0 aliphatic heterocycles. The number of aromatic amines is 1. The average molecular weight is 232 g/mol. The maximum Gasteiger partial charge on any atom is 0.119 e. The topological polar surface area (TPSA) is 47.1 Å². The number of benzene rings is 1. The molecular weight excluding hydrogens is 216 g/mol. The molecule has 2 aromatic rings. The SMILES string of the molecule is COCCOc1ccc(-c2cnc(C)[nH]2)cc1. The first-order valence-corrected chi connectivity index (χ1v) is 5.53. The maximum atomic E-state index is 5.49. The summed E-state index contributed by atoms with van der Waals surface area (Å²) in [7, 11) is 1.66. The smallest absolute Gasteiger partial charge is 0.119 e. The number of rotatable bonds is 5. The fourth-order valence-corrected chi connectivity index (χ4v) is 1.54. The second kappa shape index (κ2) is 5.50. The molecule has 0 aliphatic carbocycles. The Hall–Kier alpha value is -1.81. The molecule has 2 rings (SSSR count). The normalized spacial score (nSPS) is 10.5. The van der Waals surface area contributed by atoms with Crippen molar-refractivity contribution in [1.29, 1.82) is 0 Å². The zero-order valence-corrected chi connectivity index (χ0v) is 10.1. The van der Waals surface area contributed by atoms with Gasteiger partial charge in [0.25, 0.3) is 0 Å². The van der Waals surface area contributed by atoms with Gasteiger partial charge in [-0.05, 0) is 36.8 Å². The van der Waals surface area contributed by atoms with E-state index in [1.807, 2.05) is 37.4 Å². The predicted molar refractivity (Wildman–Crippen MR) is 66.1 cm³/mol. The van der Waals surface area contributed by atoms with Crippen LogP contribution in [0.15, 0.2) is 30.5 Å². The Morgan fingerprint density at radius 1 is 1.18 bits per heavy atom. The van der Waals surface area contributed by atoms with E-state index in [0.29, 0.717) is 13.2 Å². The molecule has 0 radical (unpaired) electrons. The van der Waals surface area contributed by atoms with Crippen LogP contribution in [0.1, 0.15) is 5.82 Å². The molecule has 4 heteroatoms. The zero-order valence-electron chi connectivity index (χ0n) is 10.1. The van der Waals surface area contributed by atoms with E-state index in [4.69, 9.17) is 9.47 Å². The van der Waals surface area contributed by atoms with Gasteiger partial charge in [-0.2, -0.15) is 0 Å². The van der Waals surface area contributed by atoms with Crippen LogP contribution in [0.5, 0.6) is 5.75 Å². The van der Waals surface area contributed by atoms with Crippen molar-refractivity contribution < 1.29 is 9.47 Å². The highest BCUT2D eigenvalue weighted by Crippen LogP contribution is 2.20. The minimum absolute atomic E-state index is 0.568. The summed E-state index contributed by atoms with van der Waals surface area (Å²) in [5, 5.41) is 0. The van der Waals surface area contributed by atoms with Crippen molar-refractivity contribution in [2.75, 3.05) is 20.3 Å². The Balaban J connectivity index is 2.02. The molecule has 0 amide bonds. The molecule has 0 bridgehead atoms. The summed E-state index contributed by atoms with van der Waals surface area (Å²) in [6.45, 7) is 3.10. The van der Waals surface area contributed by atoms with E-state index in [9.17, 15) is 0 Å². The molecule has 1 heterocycles. The summed E-state index contributed by atoms with van der Waals surface area (Å²) in [5.41, 5.74) is 2.12. The molecule has 1 aromatic heterocycles. The van der Waals surface area contributed by atoms with Gasteiger partial charge >= 0.3 is 0 Å². The summed E-state index contributed by atoms with van der Waals surface area (Å²) in [4.78, 5) is 7.36. The van der Waals surface area contributed by atoms with Crippen molar-refractivity contribution in [2.45, 2.75) is 6.92 Å². The summed E-state index contributed by atoms with van der Waals surface area (Å²) in [6.07, 6.45) is 1.83. The fourth-order valence-electron chi connectivity index (χ4n) is 1.54. The quantitative estimate of drug-likeness (QED) is 0.805. The Morgan fingerprint density at radius 2 is 1.94 bits per heavy atom. The van der Waals surface area contributed by atoms with Crippen molar-refractivity contribution in [2.24, 2.45) is 0 Å². The van der Waals surface area contributed by atoms with Gasteiger partial charge in [0.2, 0.25) is 0 Å². The number of ether oxygens (including phenoxy) is 2. The number of nitrogens with zero attached hydrogens (tertiary/aromatic N) is 1. The van der Waals surface area contributed by atoms with E-state index < -0.39 is 0 Å². The number of aryl methyl sites for hydroxylation is 1. The molecule has 4 nitrogen and oxygen atoms in total. The van der Waals surface area contributed by atoms with Crippen LogP contribution >= 0.6 is 0 Å². The Bertz CT molecular complexity index is 463. The molecule has 90 valence electrons. The van der Waals surface area contributed by atoms with Gasteiger partial charge in [-0.1, -0.05) is 0 Å². The van der Waals surface area contributed by atoms with E-state index in [1.54, 1.807) is 7.11 Å². The van der Waals surface area contributed by atoms with Gasteiger partial charge < -0.3 is 14.5 Å². The van der Waals surface area contributed by atoms with E-state index in [2.05, 4.69) is 9.97 Å². The first-order chi connectivity index (χ1) is 8.29. The second-order valence-corrected chi connectivity index (χ2v) is 3.75. The highest BCUT2D eigenvalue weighted by Gasteiger charge is 2.01. The van der Waals surface area contributed by atoms with Crippen LogP contribution in [0.4, 0.5) is 0 Å². The Kier molecular flexibility index (Phi) is 3.77. The minimum atomic E-state index is 0.568. The third kappa shape index (κ3) is 3.07. The van der Waals surface area contributed by atoms with Crippen LogP contribution in [0.2, 0.25) is 0 Å². The number of methoxy groups -OCH3 is 1. The monoisotopic (exact) mass is 232 g/mol. The van der Waals surface area contributed by atoms with Gasteiger partial charge in [-0.25, -0.2) is 4.98 Å². The Labute approximate surface area is 101 Å². The minimum Gasteiger partial charge on any atom is -0.491 e. The highest BCUT2D eigenvalue weighted by atomic mass is 16.5. The molecule has 0 aliphatic rings. The number of hydrogen-bond donors (Lipinski definition) is 1. The second-order valence-electron chi connectivity index (χ2n) is 3.75. The number of nitrogens with one attached hydrogen (secondary N) is 1. The number of imidazole rings is 1. The van der Waals surface area contributed by atoms with Crippen LogP contribution in [0.25, 0.3) is 11.3 Å². The fraction of sp³-hybridized carbons (Fsp3) is 0.308. The number of hydrogen-bond acceptors (Lipinski definition) is 3. The molecule has 0 spiro atoms. The van der Waals surface area contributed by atoms with E-state index in [0.717, 1.165) is 22.8 Å². The lowest BCUT2D eigenvalue weighted by atomic mass is 10.2. The molecule has 0 fully saturated rings. The van der Waals surface area contributed by atoms with E-state index in [-0.39, 0.29) is 0 Å². The van der Waals surface area contributed by atoms with Crippen LogP contribution in [0.3, 0.4) is 0 Å². The summed E-state index contributed by atoms with van der Waals surface area (Å²) >= 11 is 0. The average Bonchev–Trinajstić information content (AvgIpc) is 2.77. The van der Waals surface area contributed by atoms with Gasteiger partial charge in [0.05, 0.1) is 18.5 Å². The first kappa shape index (κ1) is 11.7. The largest absolute Gasteiger partial charge is 0.491 e. The molecule has 0 saturated heterocycles. The van der Waals surface area contributed by atoms with Gasteiger partial charge in [0.15, 0.2) is 0 Å². The number of H-pyrrole nitrogens is 1. The summed E-state index contributed by atoms with van der Waals surface area (Å²) in [5.74, 6) is 1.77. The van der Waals surface area contributed by atoms with Crippen molar-refractivity contribution in [3.05, 3.63) is 36.3 Å². The van der Waals surface area contributed by atoms with Crippen molar-refractivity contribution >= 4 is 0 Å². The lowest BCUT2D eigenvalue weighted by molar-refractivity contribution is 0.146. The standard InChI is InChI=1S/C13H16N2O2/c1-10-14-9-13(15-10)11-3-5-12(6-4-11)17-8-7-16-2/h3-6,9H,7-8H2,1-2H3,(H,14,15). The van der Waals surface area contributed by atoms with E-state index >= 15 is 0 Å². The van der Waals surface area contributed by atoms with Crippen LogP contribution < -0.4 is 4.74 Å². The van der Waals surface area contributed by atoms with Crippen molar-refractivity contribution in [3.8, 4) is 17.0 Å². The first-order valence-electron chi connectivity index (χ1n) is 5.53. The van der Waals surface area contributed by atoms with Gasteiger partial charge in [-0.3, -0.25) is 0 Å². The molecule has 17 heavy (non-hydrogen) atoms. The van der Waals surface area contributed by atoms with Crippen LogP contribution in [0, 0.1) is 6.92 Å². The van der Waals surface area contributed by atoms with Gasteiger partial charge in [0, 0.05) is 7.11 Å². The van der Waals surface area contributed by atoms with Gasteiger partial charge in [0.1, 0.15) is 18.2 Å². The molecule has 1 N–H and O–H groups in total. The van der Waals surface area contributed by atoms with Crippen molar-refractivity contribution in [1.82, 2.24) is 9.97 Å². The summed E-state index contributed by atoms with van der Waals surface area (Å²) < 4.78 is 10.4. The molecule has 1 aromatic carbocycles. The molecule has 0 saturated carbocycles. The third-order valence-corrected chi connectivity index (χ3v) is 2.42. The lowest BCUT2D eigenvalue weighted by Crippen LogP contribution is -2.03. The predicted octanol–water partition coefficient (Wildman–Crippen LogP) is 2.41. The maximum absolute atomic E-state index is 5.49. The van der Waals surface area contributed by atoms with Crippen LogP contribution in [-0.2, 0) is 4.74 Å². The summed E-state index contributed by atoms with van der Waals surface area (Å²) in [6, 6.07) is 7.91. The van der Waals surface area contributed by atoms with Gasteiger partial charge in [-0.15, -0.1) is 0 Å². The van der Waals surface area contributed by atoms with Crippen molar-refractivity contribution in [3.63, 3.8) is 0 Å². The highest BCUT2D eigenvalue weighted by molar-refractivity contribution is 5.59.